The van der Waals surface area contributed by atoms with Gasteiger partial charge in [0.25, 0.3) is 0 Å². The molecule has 2 aromatic heterocycles. The molecule has 28 heavy (non-hydrogen) atoms. The number of nitrogens with zero attached hydrogens (tertiary/aromatic N) is 1. The molecule has 0 atom stereocenters. The number of benzene rings is 2. The van der Waals surface area contributed by atoms with Crippen LogP contribution >= 0.6 is 11.3 Å². The minimum absolute atomic E-state index is 0.0343. The van der Waals surface area contributed by atoms with Crippen molar-refractivity contribution in [2.75, 3.05) is 7.11 Å². The van der Waals surface area contributed by atoms with Crippen molar-refractivity contribution in [3.8, 4) is 16.3 Å². The third-order valence-electron chi connectivity index (χ3n) is 4.21. The van der Waals surface area contributed by atoms with Crippen molar-refractivity contribution in [3.63, 3.8) is 0 Å². The number of rotatable bonds is 5. The normalized spacial score (nSPS) is 10.8. The maximum Gasteiger partial charge on any atom is 0.339 e. The maximum atomic E-state index is 12.5. The van der Waals surface area contributed by atoms with Gasteiger partial charge in [0.2, 0.25) is 5.56 Å². The van der Waals surface area contributed by atoms with Gasteiger partial charge in [-0.25, -0.2) is 9.78 Å². The number of carbonyl (C=O) groups is 1. The number of nitrogens with one attached hydrogen (secondary N) is 1. The third-order valence-corrected chi connectivity index (χ3v) is 5.15. The van der Waals surface area contributed by atoms with Crippen molar-refractivity contribution in [1.82, 2.24) is 9.97 Å². The Morgan fingerprint density at radius 1 is 1.14 bits per heavy atom. The first kappa shape index (κ1) is 17.9. The molecule has 0 fully saturated rings. The molecule has 0 aliphatic rings. The average molecular weight is 392 g/mol. The Balaban J connectivity index is 1.50. The largest absolute Gasteiger partial charge is 0.497 e. The predicted octanol–water partition coefficient (Wildman–Crippen LogP) is 4.02. The number of hydrogen-bond donors (Lipinski definition) is 1. The van der Waals surface area contributed by atoms with Crippen LogP contribution in [0.2, 0.25) is 0 Å². The Hall–Kier alpha value is -3.45. The summed E-state index contributed by atoms with van der Waals surface area (Å²) in [5.74, 6) is 0.223. The van der Waals surface area contributed by atoms with Gasteiger partial charge in [-0.2, -0.15) is 0 Å². The molecule has 0 unspecified atom stereocenters. The minimum Gasteiger partial charge on any atom is -0.497 e. The van der Waals surface area contributed by atoms with Crippen molar-refractivity contribution in [1.29, 1.82) is 0 Å². The molecule has 0 saturated heterocycles. The molecule has 7 heteroatoms. The topological polar surface area (TPSA) is 81.3 Å². The van der Waals surface area contributed by atoms with Gasteiger partial charge < -0.3 is 14.5 Å². The monoisotopic (exact) mass is 392 g/mol. The van der Waals surface area contributed by atoms with Gasteiger partial charge in [-0.1, -0.05) is 18.2 Å². The molecular weight excluding hydrogens is 376 g/mol. The van der Waals surface area contributed by atoms with Crippen LogP contribution in [0.3, 0.4) is 0 Å². The van der Waals surface area contributed by atoms with Crippen molar-refractivity contribution in [2.45, 2.75) is 6.61 Å². The highest BCUT2D eigenvalue weighted by Gasteiger charge is 2.14. The summed E-state index contributed by atoms with van der Waals surface area (Å²) >= 11 is 1.47. The average Bonchev–Trinajstić information content (AvgIpc) is 3.20. The summed E-state index contributed by atoms with van der Waals surface area (Å²) < 4.78 is 10.6. The van der Waals surface area contributed by atoms with Crippen molar-refractivity contribution in [3.05, 3.63) is 81.6 Å². The molecule has 2 heterocycles. The van der Waals surface area contributed by atoms with E-state index in [4.69, 9.17) is 9.47 Å². The molecule has 0 aliphatic heterocycles. The van der Waals surface area contributed by atoms with Gasteiger partial charge in [-0.3, -0.25) is 4.79 Å². The fraction of sp³-hybridized carbons (Fsp3) is 0.0952. The molecule has 0 spiro atoms. The zero-order chi connectivity index (χ0) is 19.5. The fourth-order valence-electron chi connectivity index (χ4n) is 2.83. The lowest BCUT2D eigenvalue weighted by Crippen LogP contribution is -2.13. The summed E-state index contributed by atoms with van der Waals surface area (Å²) in [6.07, 6.45) is 0. The summed E-state index contributed by atoms with van der Waals surface area (Å²) in [5, 5.41) is 3.32. The lowest BCUT2D eigenvalue weighted by molar-refractivity contribution is 0.0470. The van der Waals surface area contributed by atoms with Crippen LogP contribution in [0, 0.1) is 0 Å². The second-order valence-corrected chi connectivity index (χ2v) is 6.90. The second-order valence-electron chi connectivity index (χ2n) is 6.04. The number of aromatic amines is 1. The van der Waals surface area contributed by atoms with Gasteiger partial charge in [-0.05, 0) is 30.3 Å². The number of carbonyl (C=O) groups excluding carboxylic acids is 1. The van der Waals surface area contributed by atoms with E-state index >= 15 is 0 Å². The molecule has 0 bridgehead atoms. The van der Waals surface area contributed by atoms with Crippen molar-refractivity contribution in [2.24, 2.45) is 0 Å². The maximum absolute atomic E-state index is 12.5. The van der Waals surface area contributed by atoms with Crippen molar-refractivity contribution < 1.29 is 14.3 Å². The number of fused-ring (bicyclic) bond motifs is 1. The highest BCUT2D eigenvalue weighted by atomic mass is 32.1. The first-order valence-electron chi connectivity index (χ1n) is 8.52. The molecule has 6 nitrogen and oxygen atoms in total. The van der Waals surface area contributed by atoms with Crippen LogP contribution in [0.4, 0.5) is 0 Å². The molecule has 4 aromatic rings. The van der Waals surface area contributed by atoms with Gasteiger partial charge in [-0.15, -0.1) is 11.3 Å². The molecule has 0 aliphatic carbocycles. The molecule has 2 aromatic carbocycles. The number of hydrogen-bond acceptors (Lipinski definition) is 6. The summed E-state index contributed by atoms with van der Waals surface area (Å²) in [6.45, 7) is 0.0343. The lowest BCUT2D eigenvalue weighted by atomic mass is 10.1. The number of esters is 1. The van der Waals surface area contributed by atoms with Crippen LogP contribution < -0.4 is 10.3 Å². The van der Waals surface area contributed by atoms with Crippen LogP contribution in [-0.2, 0) is 11.3 Å². The first-order valence-corrected chi connectivity index (χ1v) is 9.40. The van der Waals surface area contributed by atoms with Gasteiger partial charge in [0.15, 0.2) is 0 Å². The van der Waals surface area contributed by atoms with E-state index in [1.54, 1.807) is 31.4 Å². The van der Waals surface area contributed by atoms with E-state index in [1.807, 2.05) is 29.6 Å². The van der Waals surface area contributed by atoms with E-state index in [-0.39, 0.29) is 17.7 Å². The van der Waals surface area contributed by atoms with Gasteiger partial charge in [0.1, 0.15) is 17.4 Å². The van der Waals surface area contributed by atoms with Crippen LogP contribution in [0.25, 0.3) is 21.5 Å². The van der Waals surface area contributed by atoms with E-state index in [0.717, 1.165) is 16.3 Å². The van der Waals surface area contributed by atoms with Crippen LogP contribution in [0.5, 0.6) is 5.75 Å². The highest BCUT2D eigenvalue weighted by molar-refractivity contribution is 7.13. The lowest BCUT2D eigenvalue weighted by Gasteiger charge is -2.06. The van der Waals surface area contributed by atoms with E-state index in [2.05, 4.69) is 9.97 Å². The van der Waals surface area contributed by atoms with Crippen LogP contribution in [-0.4, -0.2) is 23.0 Å². The van der Waals surface area contributed by atoms with E-state index in [0.29, 0.717) is 16.6 Å². The molecule has 140 valence electrons. The smallest absolute Gasteiger partial charge is 0.339 e. The Morgan fingerprint density at radius 3 is 2.71 bits per heavy atom. The van der Waals surface area contributed by atoms with Gasteiger partial charge in [0.05, 0.1) is 18.4 Å². The zero-order valence-corrected chi connectivity index (χ0v) is 15.8. The second kappa shape index (κ2) is 7.66. The first-order chi connectivity index (χ1) is 13.6. The Bertz CT molecular complexity index is 1190. The highest BCUT2D eigenvalue weighted by Crippen LogP contribution is 2.26. The predicted molar refractivity (Wildman–Crippen MR) is 108 cm³/mol. The summed E-state index contributed by atoms with van der Waals surface area (Å²) in [6, 6.07) is 16.0. The Kier molecular flexibility index (Phi) is 4.90. The SMILES string of the molecule is COc1ccc(-c2nc(COC(=O)c3cc(=O)[nH]c4ccccc34)cs2)cc1. The van der Waals surface area contributed by atoms with Crippen molar-refractivity contribution >= 4 is 28.2 Å². The number of para-hydroxylation sites is 1. The third kappa shape index (κ3) is 3.65. The van der Waals surface area contributed by atoms with E-state index in [1.165, 1.54) is 17.4 Å². The standard InChI is InChI=1S/C21H16N2O4S/c1-26-15-8-6-13(7-9-15)20-22-14(12-28-20)11-27-21(25)17-10-19(24)23-18-5-3-2-4-16(17)18/h2-10,12H,11H2,1H3,(H,23,24). The Labute approximate surface area is 164 Å². The molecule has 0 saturated carbocycles. The number of methoxy groups -OCH3 is 1. The molecule has 4 rings (SSSR count). The Morgan fingerprint density at radius 2 is 1.93 bits per heavy atom. The number of ether oxygens (including phenoxy) is 2. The summed E-state index contributed by atoms with van der Waals surface area (Å²) in [5.41, 5.74) is 2.10. The summed E-state index contributed by atoms with van der Waals surface area (Å²) in [4.78, 5) is 31.5. The summed E-state index contributed by atoms with van der Waals surface area (Å²) in [7, 11) is 1.62. The minimum atomic E-state index is -0.554. The number of pyridine rings is 1. The fourth-order valence-corrected chi connectivity index (χ4v) is 3.64. The molecule has 0 radical (unpaired) electrons. The molecule has 1 N–H and O–H groups in total. The van der Waals surface area contributed by atoms with E-state index in [9.17, 15) is 9.59 Å². The number of aromatic nitrogens is 2. The number of H-pyrrole nitrogens is 1. The molecule has 0 amide bonds. The quantitative estimate of drug-likeness (QED) is 0.519. The van der Waals surface area contributed by atoms with Crippen LogP contribution in [0.15, 0.2) is 64.8 Å². The van der Waals surface area contributed by atoms with Gasteiger partial charge in [0, 0.05) is 27.9 Å². The van der Waals surface area contributed by atoms with E-state index < -0.39 is 5.97 Å². The number of thiazole rings is 1. The zero-order valence-electron chi connectivity index (χ0n) is 15.0. The van der Waals surface area contributed by atoms with Crippen LogP contribution in [0.1, 0.15) is 16.1 Å². The molecular formula is C21H16N2O4S. The van der Waals surface area contributed by atoms with Gasteiger partial charge >= 0.3 is 5.97 Å².